The van der Waals surface area contributed by atoms with E-state index in [9.17, 15) is 13.6 Å². The van der Waals surface area contributed by atoms with Crippen molar-refractivity contribution >= 4 is 28.8 Å². The summed E-state index contributed by atoms with van der Waals surface area (Å²) in [7, 11) is 0. The second-order valence-corrected chi connectivity index (χ2v) is 10.0. The van der Waals surface area contributed by atoms with Crippen molar-refractivity contribution in [1.29, 1.82) is 0 Å². The van der Waals surface area contributed by atoms with Crippen molar-refractivity contribution in [3.05, 3.63) is 48.0 Å². The molecule has 7 rings (SSSR count). The smallest absolute Gasteiger partial charge is 0.324 e. The van der Waals surface area contributed by atoms with Gasteiger partial charge < -0.3 is 24.4 Å². The molecule has 0 radical (unpaired) electrons. The summed E-state index contributed by atoms with van der Waals surface area (Å²) < 4.78 is 38.5. The monoisotopic (exact) mass is 508 g/mol. The molecule has 0 aromatic carbocycles. The molecule has 3 aliphatic heterocycles. The van der Waals surface area contributed by atoms with Gasteiger partial charge in [-0.25, -0.2) is 13.3 Å². The normalized spacial score (nSPS) is 19.4. The van der Waals surface area contributed by atoms with Crippen LogP contribution in [0.1, 0.15) is 16.1 Å². The number of nitrogens with one attached hydrogen (secondary N) is 1. The first kappa shape index (κ1) is 22.1. The maximum absolute atomic E-state index is 13.3. The van der Waals surface area contributed by atoms with Gasteiger partial charge in [-0.1, -0.05) is 5.16 Å². The molecule has 190 valence electrons. The van der Waals surface area contributed by atoms with Gasteiger partial charge >= 0.3 is 6.01 Å². The number of carbonyl (C=O) groups excluding carboxylic acids is 1. The summed E-state index contributed by atoms with van der Waals surface area (Å²) in [6.07, 6.45) is 4.92. The number of halogens is 2. The fraction of sp³-hybridized carbons (Fsp3) is 0.375. The zero-order valence-corrected chi connectivity index (χ0v) is 19.8. The molecule has 1 amide bonds. The molecule has 1 spiro atoms. The molecule has 0 saturated carbocycles. The van der Waals surface area contributed by atoms with E-state index in [1.807, 2.05) is 18.3 Å². The van der Waals surface area contributed by atoms with Gasteiger partial charge in [-0.3, -0.25) is 9.78 Å². The largest absolute Gasteiger partial charge is 0.380 e. The maximum Gasteiger partial charge on any atom is 0.324 e. The fourth-order valence-electron chi connectivity index (χ4n) is 4.94. The van der Waals surface area contributed by atoms with Crippen LogP contribution in [-0.4, -0.2) is 76.0 Å². The van der Waals surface area contributed by atoms with Crippen molar-refractivity contribution in [2.24, 2.45) is 5.41 Å². The van der Waals surface area contributed by atoms with Crippen molar-refractivity contribution in [2.45, 2.75) is 12.8 Å². The highest BCUT2D eigenvalue weighted by atomic mass is 19.3. The van der Waals surface area contributed by atoms with Crippen LogP contribution in [0, 0.1) is 12.3 Å². The number of anilines is 3. The predicted octanol–water partition coefficient (Wildman–Crippen LogP) is 2.63. The van der Waals surface area contributed by atoms with E-state index in [0.29, 0.717) is 28.0 Å². The Hall–Kier alpha value is -4.13. The maximum atomic E-state index is 13.3. The van der Waals surface area contributed by atoms with E-state index in [2.05, 4.69) is 30.4 Å². The van der Waals surface area contributed by atoms with Gasteiger partial charge in [-0.15, -0.1) is 0 Å². The van der Waals surface area contributed by atoms with E-state index in [1.54, 1.807) is 23.7 Å². The van der Waals surface area contributed by atoms with Crippen LogP contribution in [0.2, 0.25) is 0 Å². The number of ether oxygens (including phenoxy) is 1. The lowest BCUT2D eigenvalue weighted by Crippen LogP contribution is -2.66. The number of pyridine rings is 2. The summed E-state index contributed by atoms with van der Waals surface area (Å²) in [6.45, 7) is 4.33. The minimum atomic E-state index is -2.75. The van der Waals surface area contributed by atoms with Gasteiger partial charge in [0.25, 0.3) is 11.8 Å². The van der Waals surface area contributed by atoms with Crippen molar-refractivity contribution in [3.8, 4) is 11.4 Å². The van der Waals surface area contributed by atoms with Crippen LogP contribution in [0.4, 0.5) is 26.2 Å². The number of aromatic nitrogens is 5. The number of carbonyl (C=O) groups is 1. The van der Waals surface area contributed by atoms with Gasteiger partial charge in [0.05, 0.1) is 60.4 Å². The summed E-state index contributed by atoms with van der Waals surface area (Å²) >= 11 is 0. The van der Waals surface area contributed by atoms with Crippen LogP contribution >= 0.6 is 0 Å². The van der Waals surface area contributed by atoms with Crippen molar-refractivity contribution in [2.75, 3.05) is 54.5 Å². The Labute approximate surface area is 209 Å². The lowest BCUT2D eigenvalue weighted by molar-refractivity contribution is -0.127. The van der Waals surface area contributed by atoms with E-state index in [4.69, 9.17) is 9.26 Å². The van der Waals surface area contributed by atoms with Gasteiger partial charge in [0.15, 0.2) is 0 Å². The second kappa shape index (κ2) is 7.68. The number of hydrogen-bond donors (Lipinski definition) is 1. The SMILES string of the molecule is Cc1ncc(-c2noc(N3CC(F)(F)C3)n2)cc1NC(=O)c1cnn2ccc(N3CC4(COC4)C3)cc12. The molecular weight excluding hydrogens is 486 g/mol. The highest BCUT2D eigenvalue weighted by Gasteiger charge is 2.49. The molecule has 3 saturated heterocycles. The molecular formula is C24H22F2N8O3. The van der Waals surface area contributed by atoms with E-state index < -0.39 is 19.0 Å². The Bertz CT molecular complexity index is 1530. The van der Waals surface area contributed by atoms with Crippen LogP contribution < -0.4 is 15.1 Å². The molecule has 3 aliphatic rings. The zero-order valence-electron chi connectivity index (χ0n) is 19.8. The third-order valence-electron chi connectivity index (χ3n) is 7.11. The number of hydrogen-bond acceptors (Lipinski definition) is 9. The highest BCUT2D eigenvalue weighted by Crippen LogP contribution is 2.40. The van der Waals surface area contributed by atoms with Crippen LogP contribution in [0.5, 0.6) is 0 Å². The number of amides is 1. The summed E-state index contributed by atoms with van der Waals surface area (Å²) in [5.41, 5.74) is 3.97. The average molecular weight is 508 g/mol. The van der Waals surface area contributed by atoms with E-state index in [0.717, 1.165) is 32.0 Å². The lowest BCUT2D eigenvalue weighted by atomic mass is 9.78. The molecule has 37 heavy (non-hydrogen) atoms. The topological polar surface area (TPSA) is 114 Å². The van der Waals surface area contributed by atoms with E-state index in [-0.39, 0.29) is 23.2 Å². The first-order valence-corrected chi connectivity index (χ1v) is 11.8. The summed E-state index contributed by atoms with van der Waals surface area (Å²) in [5, 5.41) is 11.1. The highest BCUT2D eigenvalue weighted by molar-refractivity contribution is 6.09. The lowest BCUT2D eigenvalue weighted by Gasteiger charge is -2.56. The molecule has 0 aliphatic carbocycles. The zero-order chi connectivity index (χ0) is 25.4. The van der Waals surface area contributed by atoms with Gasteiger partial charge in [0.2, 0.25) is 5.82 Å². The number of fused-ring (bicyclic) bond motifs is 1. The number of alkyl halides is 2. The third kappa shape index (κ3) is 3.68. The molecule has 4 aromatic rings. The van der Waals surface area contributed by atoms with Gasteiger partial charge in [0.1, 0.15) is 0 Å². The van der Waals surface area contributed by atoms with Crippen molar-refractivity contribution in [3.63, 3.8) is 0 Å². The molecule has 0 bridgehead atoms. The molecule has 0 atom stereocenters. The van der Waals surface area contributed by atoms with Crippen molar-refractivity contribution < 1.29 is 22.8 Å². The van der Waals surface area contributed by atoms with Gasteiger partial charge in [0, 0.05) is 36.7 Å². The van der Waals surface area contributed by atoms with Crippen molar-refractivity contribution in [1.82, 2.24) is 24.7 Å². The third-order valence-corrected chi connectivity index (χ3v) is 7.11. The Morgan fingerprint density at radius 1 is 1.11 bits per heavy atom. The van der Waals surface area contributed by atoms with Crippen LogP contribution in [0.3, 0.4) is 0 Å². The first-order chi connectivity index (χ1) is 17.8. The Morgan fingerprint density at radius 3 is 2.65 bits per heavy atom. The minimum absolute atomic E-state index is 0.0206. The minimum Gasteiger partial charge on any atom is -0.380 e. The van der Waals surface area contributed by atoms with Crippen LogP contribution in [0.25, 0.3) is 16.9 Å². The van der Waals surface area contributed by atoms with E-state index >= 15 is 0 Å². The summed E-state index contributed by atoms with van der Waals surface area (Å²) in [4.78, 5) is 25.4. The Morgan fingerprint density at radius 2 is 1.92 bits per heavy atom. The Balaban J connectivity index is 1.11. The van der Waals surface area contributed by atoms with Gasteiger partial charge in [-0.05, 0) is 25.1 Å². The molecule has 3 fully saturated rings. The predicted molar refractivity (Wildman–Crippen MR) is 128 cm³/mol. The number of aryl methyl sites for hydroxylation is 1. The average Bonchev–Trinajstić information content (AvgIpc) is 3.44. The molecule has 0 unspecified atom stereocenters. The number of rotatable bonds is 5. The quantitative estimate of drug-likeness (QED) is 0.435. The van der Waals surface area contributed by atoms with E-state index in [1.165, 1.54) is 11.1 Å². The molecule has 7 heterocycles. The first-order valence-electron chi connectivity index (χ1n) is 11.8. The summed E-state index contributed by atoms with van der Waals surface area (Å²) in [6, 6.07) is 5.66. The van der Waals surface area contributed by atoms with Crippen LogP contribution in [0.15, 0.2) is 41.3 Å². The van der Waals surface area contributed by atoms with Gasteiger partial charge in [-0.2, -0.15) is 10.1 Å². The standard InChI is InChI=1S/C24H22F2N8O3/c1-14-18(4-15(6-27-14)20-30-22(37-31-20)33-10-24(25,26)11-33)29-21(35)17-7-28-34-3-2-16(5-19(17)34)32-8-23(9-32)12-36-13-23/h2-7H,8-13H2,1H3,(H,29,35). The van der Waals surface area contributed by atoms with Crippen LogP contribution in [-0.2, 0) is 4.74 Å². The molecule has 11 nitrogen and oxygen atoms in total. The second-order valence-electron chi connectivity index (χ2n) is 10.0. The summed E-state index contributed by atoms with van der Waals surface area (Å²) in [5.74, 6) is -2.89. The molecule has 1 N–H and O–H groups in total. The fourth-order valence-corrected chi connectivity index (χ4v) is 4.94. The molecule has 13 heteroatoms. The Kier molecular flexibility index (Phi) is 4.59. The molecule has 4 aromatic heterocycles. The number of nitrogens with zero attached hydrogens (tertiary/aromatic N) is 7.